The van der Waals surface area contributed by atoms with Crippen LogP contribution in [0.1, 0.15) is 28.8 Å². The molecule has 0 bridgehead atoms. The number of nitrogens with two attached hydrogens (primary N) is 1. The van der Waals surface area contributed by atoms with Gasteiger partial charge in [-0.25, -0.2) is 0 Å². The number of hydrogen-bond acceptors (Lipinski definition) is 3. The second-order valence-corrected chi connectivity index (χ2v) is 5.93. The molecule has 0 spiro atoms. The molecule has 4 nitrogen and oxygen atoms in total. The summed E-state index contributed by atoms with van der Waals surface area (Å²) < 4.78 is 5.74. The quantitative estimate of drug-likeness (QED) is 0.924. The van der Waals surface area contributed by atoms with E-state index in [2.05, 4.69) is 0 Å². The molecule has 0 atom stereocenters. The molecule has 1 amide bonds. The van der Waals surface area contributed by atoms with Crippen LogP contribution >= 0.6 is 12.4 Å². The molecule has 0 aromatic heterocycles. The van der Waals surface area contributed by atoms with Crippen molar-refractivity contribution in [1.29, 1.82) is 0 Å². The standard InChI is InChI=1S/C19H22N2O2.ClH/c20-17-10-12-21(13-11-17)19(22)16-6-8-18(9-7-16)23-14-15-4-2-1-3-5-15;/h1-9,17H,10-14,20H2;1H. The zero-order valence-corrected chi connectivity index (χ0v) is 14.4. The minimum Gasteiger partial charge on any atom is -0.489 e. The number of carbonyl (C=O) groups excluding carboxylic acids is 1. The van der Waals surface area contributed by atoms with Crippen LogP contribution in [0, 0.1) is 0 Å². The number of carbonyl (C=O) groups is 1. The summed E-state index contributed by atoms with van der Waals surface area (Å²) in [7, 11) is 0. The van der Waals surface area contributed by atoms with Gasteiger partial charge in [-0.15, -0.1) is 12.4 Å². The number of rotatable bonds is 4. The smallest absolute Gasteiger partial charge is 0.253 e. The van der Waals surface area contributed by atoms with E-state index < -0.39 is 0 Å². The molecule has 0 saturated carbocycles. The van der Waals surface area contributed by atoms with E-state index in [1.807, 2.05) is 59.5 Å². The van der Waals surface area contributed by atoms with Crippen LogP contribution < -0.4 is 10.5 Å². The molecule has 2 aromatic carbocycles. The molecule has 1 saturated heterocycles. The Bertz CT molecular complexity index is 638. The van der Waals surface area contributed by atoms with Gasteiger partial charge < -0.3 is 15.4 Å². The van der Waals surface area contributed by atoms with Crippen molar-refractivity contribution in [3.05, 3.63) is 65.7 Å². The van der Waals surface area contributed by atoms with Gasteiger partial charge in [0.1, 0.15) is 12.4 Å². The summed E-state index contributed by atoms with van der Waals surface area (Å²) in [5.74, 6) is 0.845. The molecule has 5 heteroatoms. The fourth-order valence-corrected chi connectivity index (χ4v) is 2.72. The highest BCUT2D eigenvalue weighted by molar-refractivity contribution is 5.94. The Kier molecular flexibility index (Phi) is 6.64. The van der Waals surface area contributed by atoms with Gasteiger partial charge in [-0.3, -0.25) is 4.79 Å². The van der Waals surface area contributed by atoms with E-state index in [4.69, 9.17) is 10.5 Å². The largest absolute Gasteiger partial charge is 0.489 e. The molecule has 1 heterocycles. The number of likely N-dealkylation sites (tertiary alicyclic amines) is 1. The topological polar surface area (TPSA) is 55.6 Å². The maximum absolute atomic E-state index is 12.4. The van der Waals surface area contributed by atoms with Crippen molar-refractivity contribution in [3.8, 4) is 5.75 Å². The van der Waals surface area contributed by atoms with Crippen molar-refractivity contribution >= 4 is 18.3 Å². The maximum Gasteiger partial charge on any atom is 0.253 e. The van der Waals surface area contributed by atoms with Crippen LogP contribution in [0.2, 0.25) is 0 Å². The van der Waals surface area contributed by atoms with E-state index in [0.717, 1.165) is 37.2 Å². The fraction of sp³-hybridized carbons (Fsp3) is 0.316. The minimum absolute atomic E-state index is 0. The Balaban J connectivity index is 0.00000208. The molecule has 0 radical (unpaired) electrons. The first-order valence-electron chi connectivity index (χ1n) is 8.04. The highest BCUT2D eigenvalue weighted by Gasteiger charge is 2.21. The second-order valence-electron chi connectivity index (χ2n) is 5.93. The van der Waals surface area contributed by atoms with Crippen molar-refractivity contribution in [2.45, 2.75) is 25.5 Å². The van der Waals surface area contributed by atoms with E-state index >= 15 is 0 Å². The van der Waals surface area contributed by atoms with Crippen LogP contribution in [0.5, 0.6) is 5.75 Å². The van der Waals surface area contributed by atoms with Gasteiger partial charge in [0.05, 0.1) is 0 Å². The van der Waals surface area contributed by atoms with Gasteiger partial charge in [-0.1, -0.05) is 30.3 Å². The average Bonchev–Trinajstić information content (AvgIpc) is 2.61. The molecule has 128 valence electrons. The normalized spacial score (nSPS) is 14.8. The zero-order valence-electron chi connectivity index (χ0n) is 13.6. The zero-order chi connectivity index (χ0) is 16.1. The molecule has 1 fully saturated rings. The molecule has 0 unspecified atom stereocenters. The molecule has 0 aliphatic carbocycles. The van der Waals surface area contributed by atoms with Crippen LogP contribution in [0.4, 0.5) is 0 Å². The lowest BCUT2D eigenvalue weighted by atomic mass is 10.0. The van der Waals surface area contributed by atoms with Gasteiger partial charge in [0, 0.05) is 24.7 Å². The van der Waals surface area contributed by atoms with Crippen molar-refractivity contribution < 1.29 is 9.53 Å². The van der Waals surface area contributed by atoms with Crippen molar-refractivity contribution in [3.63, 3.8) is 0 Å². The number of benzene rings is 2. The van der Waals surface area contributed by atoms with Crippen molar-refractivity contribution in [2.24, 2.45) is 5.73 Å². The van der Waals surface area contributed by atoms with Gasteiger partial charge >= 0.3 is 0 Å². The maximum atomic E-state index is 12.4. The lowest BCUT2D eigenvalue weighted by Crippen LogP contribution is -2.42. The van der Waals surface area contributed by atoms with Gasteiger partial charge in [0.2, 0.25) is 0 Å². The SMILES string of the molecule is Cl.NC1CCN(C(=O)c2ccc(OCc3ccccc3)cc2)CC1. The summed E-state index contributed by atoms with van der Waals surface area (Å²) in [6.45, 7) is 2.01. The van der Waals surface area contributed by atoms with Gasteiger partial charge in [-0.05, 0) is 42.7 Å². The summed E-state index contributed by atoms with van der Waals surface area (Å²) >= 11 is 0. The lowest BCUT2D eigenvalue weighted by molar-refractivity contribution is 0.0714. The summed E-state index contributed by atoms with van der Waals surface area (Å²) in [5.41, 5.74) is 7.71. The highest BCUT2D eigenvalue weighted by Crippen LogP contribution is 2.17. The van der Waals surface area contributed by atoms with E-state index in [1.165, 1.54) is 0 Å². The first kappa shape index (κ1) is 18.3. The van der Waals surface area contributed by atoms with Crippen LogP contribution in [0.3, 0.4) is 0 Å². The molecule has 1 aliphatic heterocycles. The Hall–Kier alpha value is -2.04. The van der Waals surface area contributed by atoms with E-state index in [9.17, 15) is 4.79 Å². The summed E-state index contributed by atoms with van der Waals surface area (Å²) in [4.78, 5) is 14.3. The van der Waals surface area contributed by atoms with E-state index in [-0.39, 0.29) is 24.4 Å². The molecule has 1 aliphatic rings. The first-order valence-corrected chi connectivity index (χ1v) is 8.04. The van der Waals surface area contributed by atoms with Crippen molar-refractivity contribution in [2.75, 3.05) is 13.1 Å². The van der Waals surface area contributed by atoms with Crippen LogP contribution in [0.25, 0.3) is 0 Å². The van der Waals surface area contributed by atoms with Gasteiger partial charge in [0.15, 0.2) is 0 Å². The fourth-order valence-electron chi connectivity index (χ4n) is 2.72. The molecule has 2 aromatic rings. The van der Waals surface area contributed by atoms with Crippen LogP contribution in [-0.4, -0.2) is 29.9 Å². The second kappa shape index (κ2) is 8.71. The summed E-state index contributed by atoms with van der Waals surface area (Å²) in [6, 6.07) is 17.6. The number of nitrogens with zero attached hydrogens (tertiary/aromatic N) is 1. The third-order valence-corrected chi connectivity index (χ3v) is 4.18. The Morgan fingerprint density at radius 2 is 1.67 bits per heavy atom. The van der Waals surface area contributed by atoms with Crippen LogP contribution in [-0.2, 0) is 6.61 Å². The van der Waals surface area contributed by atoms with E-state index in [1.54, 1.807) is 0 Å². The monoisotopic (exact) mass is 346 g/mol. The third kappa shape index (κ3) is 4.73. The number of ether oxygens (including phenoxy) is 1. The lowest BCUT2D eigenvalue weighted by Gasteiger charge is -2.30. The molecular formula is C19H23ClN2O2. The summed E-state index contributed by atoms with van der Waals surface area (Å²) in [5, 5.41) is 0. The van der Waals surface area contributed by atoms with Gasteiger partial charge in [-0.2, -0.15) is 0 Å². The highest BCUT2D eigenvalue weighted by atomic mass is 35.5. The molecule has 2 N–H and O–H groups in total. The first-order chi connectivity index (χ1) is 11.2. The summed E-state index contributed by atoms with van der Waals surface area (Å²) in [6.07, 6.45) is 1.76. The average molecular weight is 347 g/mol. The van der Waals surface area contributed by atoms with Crippen LogP contribution in [0.15, 0.2) is 54.6 Å². The van der Waals surface area contributed by atoms with Gasteiger partial charge in [0.25, 0.3) is 5.91 Å². The number of piperidine rings is 1. The number of halogens is 1. The predicted molar refractivity (Wildman–Crippen MR) is 97.6 cm³/mol. The number of amides is 1. The molecule has 24 heavy (non-hydrogen) atoms. The number of hydrogen-bond donors (Lipinski definition) is 1. The molecular weight excluding hydrogens is 324 g/mol. The third-order valence-electron chi connectivity index (χ3n) is 4.18. The minimum atomic E-state index is 0. The Morgan fingerprint density at radius 3 is 2.29 bits per heavy atom. The van der Waals surface area contributed by atoms with E-state index in [0.29, 0.717) is 12.2 Å². The molecule has 3 rings (SSSR count). The van der Waals surface area contributed by atoms with Crippen molar-refractivity contribution in [1.82, 2.24) is 4.90 Å². The predicted octanol–water partition coefficient (Wildman–Crippen LogP) is 3.25. The Labute approximate surface area is 149 Å². The Morgan fingerprint density at radius 1 is 1.04 bits per heavy atom.